The van der Waals surface area contributed by atoms with Crippen LogP contribution in [-0.4, -0.2) is 21.8 Å². The van der Waals surface area contributed by atoms with E-state index in [0.29, 0.717) is 11.4 Å². The van der Waals surface area contributed by atoms with E-state index in [1.165, 1.54) is 4.90 Å². The van der Waals surface area contributed by atoms with Crippen LogP contribution in [0.25, 0.3) is 5.76 Å². The first-order valence-electron chi connectivity index (χ1n) is 8.92. The van der Waals surface area contributed by atoms with Gasteiger partial charge < -0.3 is 5.11 Å². The maximum atomic E-state index is 12.9. The fourth-order valence-electron chi connectivity index (χ4n) is 3.38. The molecule has 1 saturated heterocycles. The molecule has 138 valence electrons. The standard InChI is InChI=1S/C23H18N2O3/c1-15-10-12-16(13-11-15)20-19(21(26)17-7-3-2-4-8-17)22(27)23(28)25(20)18-9-5-6-14-24-18/h2-14,20,26H,1H3. The van der Waals surface area contributed by atoms with E-state index in [0.717, 1.165) is 11.1 Å². The molecule has 5 nitrogen and oxygen atoms in total. The minimum absolute atomic E-state index is 0.0608. The first-order chi connectivity index (χ1) is 13.6. The van der Waals surface area contributed by atoms with Crippen LogP contribution in [0.4, 0.5) is 5.82 Å². The second kappa shape index (κ2) is 7.12. The van der Waals surface area contributed by atoms with Crippen molar-refractivity contribution in [1.82, 2.24) is 4.98 Å². The predicted octanol–water partition coefficient (Wildman–Crippen LogP) is 4.02. The molecular weight excluding hydrogens is 352 g/mol. The lowest BCUT2D eigenvalue weighted by molar-refractivity contribution is -0.132. The Balaban J connectivity index is 1.95. The van der Waals surface area contributed by atoms with E-state index in [4.69, 9.17) is 0 Å². The third kappa shape index (κ3) is 2.97. The zero-order chi connectivity index (χ0) is 19.7. The molecule has 1 aliphatic heterocycles. The van der Waals surface area contributed by atoms with E-state index in [1.54, 1.807) is 48.7 Å². The highest BCUT2D eigenvalue weighted by atomic mass is 16.3. The van der Waals surface area contributed by atoms with Gasteiger partial charge in [-0.15, -0.1) is 0 Å². The molecule has 1 N–H and O–H groups in total. The Bertz CT molecular complexity index is 1060. The normalized spacial score (nSPS) is 18.5. The van der Waals surface area contributed by atoms with E-state index in [1.807, 2.05) is 37.3 Å². The van der Waals surface area contributed by atoms with Gasteiger partial charge >= 0.3 is 5.91 Å². The van der Waals surface area contributed by atoms with Gasteiger partial charge in [0.25, 0.3) is 5.78 Å². The van der Waals surface area contributed by atoms with Crippen molar-refractivity contribution in [3.8, 4) is 0 Å². The topological polar surface area (TPSA) is 70.5 Å². The molecule has 1 atom stereocenters. The van der Waals surface area contributed by atoms with E-state index < -0.39 is 17.7 Å². The highest BCUT2D eigenvalue weighted by Crippen LogP contribution is 2.41. The Morgan fingerprint density at radius 3 is 2.25 bits per heavy atom. The molecule has 1 aromatic heterocycles. The Morgan fingerprint density at radius 2 is 1.61 bits per heavy atom. The Morgan fingerprint density at radius 1 is 0.929 bits per heavy atom. The van der Waals surface area contributed by atoms with Gasteiger partial charge in [-0.3, -0.25) is 14.5 Å². The number of ketones is 1. The zero-order valence-electron chi connectivity index (χ0n) is 15.2. The monoisotopic (exact) mass is 370 g/mol. The van der Waals surface area contributed by atoms with Gasteiger partial charge in [0.15, 0.2) is 0 Å². The largest absolute Gasteiger partial charge is 0.507 e. The number of amides is 1. The summed E-state index contributed by atoms with van der Waals surface area (Å²) in [6, 6.07) is 20.7. The van der Waals surface area contributed by atoms with Gasteiger partial charge in [-0.1, -0.05) is 66.2 Å². The second-order valence-electron chi connectivity index (χ2n) is 6.63. The number of rotatable bonds is 3. The smallest absolute Gasteiger partial charge is 0.301 e. The van der Waals surface area contributed by atoms with Crippen LogP contribution in [0.3, 0.4) is 0 Å². The summed E-state index contributed by atoms with van der Waals surface area (Å²) in [7, 11) is 0. The summed E-state index contributed by atoms with van der Waals surface area (Å²) in [6.45, 7) is 1.96. The van der Waals surface area contributed by atoms with Crippen molar-refractivity contribution < 1.29 is 14.7 Å². The lowest BCUT2D eigenvalue weighted by Crippen LogP contribution is -2.30. The molecule has 0 bridgehead atoms. The minimum atomic E-state index is -0.754. The van der Waals surface area contributed by atoms with Gasteiger partial charge in [-0.05, 0) is 24.6 Å². The van der Waals surface area contributed by atoms with E-state index in [9.17, 15) is 14.7 Å². The van der Waals surface area contributed by atoms with Crippen molar-refractivity contribution in [2.45, 2.75) is 13.0 Å². The Kier molecular flexibility index (Phi) is 4.49. The number of carbonyl (C=O) groups is 2. The lowest BCUT2D eigenvalue weighted by atomic mass is 9.95. The molecule has 3 aromatic rings. The molecule has 1 unspecified atom stereocenters. The maximum Gasteiger partial charge on any atom is 0.301 e. The van der Waals surface area contributed by atoms with Crippen molar-refractivity contribution >= 4 is 23.3 Å². The van der Waals surface area contributed by atoms with Crippen molar-refractivity contribution in [1.29, 1.82) is 0 Å². The number of nitrogens with zero attached hydrogens (tertiary/aromatic N) is 2. The number of aliphatic hydroxyl groups is 1. The van der Waals surface area contributed by atoms with Crippen LogP contribution in [0.15, 0.2) is 84.6 Å². The van der Waals surface area contributed by atoms with Crippen LogP contribution in [0.2, 0.25) is 0 Å². The first-order valence-corrected chi connectivity index (χ1v) is 8.92. The Hall–Kier alpha value is -3.73. The number of Topliss-reactive ketones (excluding diaryl/α,β-unsaturated/α-hetero) is 1. The summed E-state index contributed by atoms with van der Waals surface area (Å²) in [5.41, 5.74) is 2.33. The number of hydrogen-bond acceptors (Lipinski definition) is 4. The number of pyridine rings is 1. The molecule has 1 aliphatic rings. The van der Waals surface area contributed by atoms with Gasteiger partial charge in [0.1, 0.15) is 11.6 Å². The quantitative estimate of drug-likeness (QED) is 0.429. The third-order valence-corrected chi connectivity index (χ3v) is 4.78. The maximum absolute atomic E-state index is 12.9. The lowest BCUT2D eigenvalue weighted by Gasteiger charge is -2.24. The average Bonchev–Trinajstić information content (AvgIpc) is 3.00. The Labute approximate surface area is 162 Å². The van der Waals surface area contributed by atoms with Gasteiger partial charge in [-0.2, -0.15) is 0 Å². The van der Waals surface area contributed by atoms with Gasteiger partial charge in [-0.25, -0.2) is 4.98 Å². The molecule has 0 aliphatic carbocycles. The first kappa shape index (κ1) is 17.7. The second-order valence-corrected chi connectivity index (χ2v) is 6.63. The summed E-state index contributed by atoms with van der Waals surface area (Å²) in [6.07, 6.45) is 1.57. The minimum Gasteiger partial charge on any atom is -0.507 e. The molecule has 1 amide bonds. The highest BCUT2D eigenvalue weighted by molar-refractivity contribution is 6.51. The fraction of sp³-hybridized carbons (Fsp3) is 0.0870. The molecule has 0 spiro atoms. The SMILES string of the molecule is Cc1ccc(C2C(=C(O)c3ccccc3)C(=O)C(=O)N2c2ccccn2)cc1. The van der Waals surface area contributed by atoms with Gasteiger partial charge in [0.05, 0.1) is 11.6 Å². The van der Waals surface area contributed by atoms with E-state index in [-0.39, 0.29) is 11.3 Å². The summed E-state index contributed by atoms with van der Waals surface area (Å²) in [5.74, 6) is -1.26. The number of hydrogen-bond donors (Lipinski definition) is 1. The van der Waals surface area contributed by atoms with Crippen molar-refractivity contribution in [2.24, 2.45) is 0 Å². The van der Waals surface area contributed by atoms with E-state index >= 15 is 0 Å². The van der Waals surface area contributed by atoms with Crippen molar-refractivity contribution in [2.75, 3.05) is 4.90 Å². The third-order valence-electron chi connectivity index (χ3n) is 4.78. The van der Waals surface area contributed by atoms with Crippen LogP contribution in [0, 0.1) is 6.92 Å². The van der Waals surface area contributed by atoms with Crippen molar-refractivity contribution in [3.63, 3.8) is 0 Å². The number of carbonyl (C=O) groups excluding carboxylic acids is 2. The van der Waals surface area contributed by atoms with Gasteiger partial charge in [0.2, 0.25) is 0 Å². The zero-order valence-corrected chi connectivity index (χ0v) is 15.2. The summed E-state index contributed by atoms with van der Waals surface area (Å²) < 4.78 is 0. The molecular formula is C23H18N2O3. The van der Waals surface area contributed by atoms with Crippen LogP contribution in [-0.2, 0) is 9.59 Å². The molecule has 5 heteroatoms. The van der Waals surface area contributed by atoms with E-state index in [2.05, 4.69) is 4.98 Å². The highest BCUT2D eigenvalue weighted by Gasteiger charge is 2.47. The van der Waals surface area contributed by atoms with Crippen molar-refractivity contribution in [3.05, 3.63) is 101 Å². The molecule has 2 heterocycles. The molecule has 1 fully saturated rings. The number of aromatic nitrogens is 1. The number of aliphatic hydroxyl groups excluding tert-OH is 1. The van der Waals surface area contributed by atoms with Crippen LogP contribution in [0.5, 0.6) is 0 Å². The summed E-state index contributed by atoms with van der Waals surface area (Å²) in [5, 5.41) is 10.9. The summed E-state index contributed by atoms with van der Waals surface area (Å²) in [4.78, 5) is 31.4. The molecule has 0 saturated carbocycles. The molecule has 0 radical (unpaired) electrons. The molecule has 28 heavy (non-hydrogen) atoms. The fourth-order valence-corrected chi connectivity index (χ4v) is 3.38. The number of aryl methyl sites for hydroxylation is 1. The number of benzene rings is 2. The average molecular weight is 370 g/mol. The summed E-state index contributed by atoms with van der Waals surface area (Å²) >= 11 is 0. The van der Waals surface area contributed by atoms with Gasteiger partial charge in [0, 0.05) is 11.8 Å². The van der Waals surface area contributed by atoms with Crippen LogP contribution in [0.1, 0.15) is 22.7 Å². The predicted molar refractivity (Wildman–Crippen MR) is 107 cm³/mol. The number of anilines is 1. The molecule has 2 aromatic carbocycles. The van der Waals surface area contributed by atoms with Crippen LogP contribution < -0.4 is 4.90 Å². The van der Waals surface area contributed by atoms with Crippen LogP contribution >= 0.6 is 0 Å². The molecule has 4 rings (SSSR count).